The van der Waals surface area contributed by atoms with Gasteiger partial charge in [-0.15, -0.1) is 11.3 Å². The molecule has 0 saturated carbocycles. The first-order valence-electron chi connectivity index (χ1n) is 9.70. The highest BCUT2D eigenvalue weighted by atomic mass is 32.1. The van der Waals surface area contributed by atoms with E-state index in [9.17, 15) is 18.0 Å². The number of carboxylic acids is 1. The lowest BCUT2D eigenvalue weighted by Gasteiger charge is -2.10. The summed E-state index contributed by atoms with van der Waals surface area (Å²) in [6.45, 7) is 3.88. The maximum atomic E-state index is 12.8. The Hall–Kier alpha value is -3.33. The summed E-state index contributed by atoms with van der Waals surface area (Å²) in [5.74, 6) is -0.237. The summed E-state index contributed by atoms with van der Waals surface area (Å²) in [6, 6.07) is 10.5. The van der Waals surface area contributed by atoms with Gasteiger partial charge in [0.2, 0.25) is 0 Å². The van der Waals surface area contributed by atoms with Crippen LogP contribution in [0, 0.1) is 13.8 Å². The Morgan fingerprint density at radius 3 is 2.53 bits per heavy atom. The highest BCUT2D eigenvalue weighted by Crippen LogP contribution is 2.34. The van der Waals surface area contributed by atoms with Crippen LogP contribution < -0.4 is 4.74 Å². The third-order valence-electron chi connectivity index (χ3n) is 5.08. The third kappa shape index (κ3) is 4.47. The van der Waals surface area contributed by atoms with Crippen LogP contribution in [0.5, 0.6) is 5.75 Å². The Morgan fingerprint density at radius 1 is 1.16 bits per heavy atom. The van der Waals surface area contributed by atoms with Crippen LogP contribution in [0.3, 0.4) is 0 Å². The maximum absolute atomic E-state index is 12.8. The number of halogens is 3. The number of hydrogen-bond donors (Lipinski definition) is 1. The number of ether oxygens (including phenoxy) is 1. The van der Waals surface area contributed by atoms with E-state index in [0.717, 1.165) is 39.2 Å². The topological polar surface area (TPSA) is 64.4 Å². The van der Waals surface area contributed by atoms with Gasteiger partial charge in [-0.1, -0.05) is 12.1 Å². The molecule has 32 heavy (non-hydrogen) atoms. The number of aliphatic carboxylic acids is 1. The Balaban J connectivity index is 1.52. The Morgan fingerprint density at radius 2 is 1.88 bits per heavy atom. The molecule has 2 aromatic heterocycles. The quantitative estimate of drug-likeness (QED) is 0.380. The zero-order chi connectivity index (χ0) is 23.0. The van der Waals surface area contributed by atoms with E-state index in [-0.39, 0.29) is 13.2 Å². The largest absolute Gasteiger partial charge is 0.488 e. The van der Waals surface area contributed by atoms with Gasteiger partial charge in [-0.3, -0.25) is 4.79 Å². The molecule has 166 valence electrons. The number of carbonyl (C=O) groups is 1. The van der Waals surface area contributed by atoms with Crippen LogP contribution in [-0.2, 0) is 24.1 Å². The van der Waals surface area contributed by atoms with Gasteiger partial charge in [-0.2, -0.15) is 13.2 Å². The molecule has 4 rings (SSSR count). The molecule has 0 bridgehead atoms. The van der Waals surface area contributed by atoms with Gasteiger partial charge >= 0.3 is 12.1 Å². The minimum atomic E-state index is -4.37. The van der Waals surface area contributed by atoms with Gasteiger partial charge in [-0.05, 0) is 49.7 Å². The molecule has 0 amide bonds. The van der Waals surface area contributed by atoms with Crippen molar-refractivity contribution < 1.29 is 27.8 Å². The Kier molecular flexibility index (Phi) is 5.68. The van der Waals surface area contributed by atoms with E-state index < -0.39 is 17.7 Å². The summed E-state index contributed by atoms with van der Waals surface area (Å²) in [5.41, 5.74) is 2.37. The van der Waals surface area contributed by atoms with Crippen molar-refractivity contribution in [3.63, 3.8) is 0 Å². The monoisotopic (exact) mass is 460 g/mol. The number of alkyl halides is 3. The first-order chi connectivity index (χ1) is 15.1. The van der Waals surface area contributed by atoms with Crippen LogP contribution in [0.25, 0.3) is 21.5 Å². The van der Waals surface area contributed by atoms with Gasteiger partial charge in [0.1, 0.15) is 23.9 Å². The second-order valence-corrected chi connectivity index (χ2v) is 8.49. The molecule has 0 aliphatic rings. The lowest BCUT2D eigenvalue weighted by atomic mass is 10.1. The van der Waals surface area contributed by atoms with E-state index >= 15 is 0 Å². The van der Waals surface area contributed by atoms with E-state index in [1.807, 2.05) is 32.0 Å². The molecule has 0 aliphatic carbocycles. The molecular formula is C23H19F3N2O3S. The minimum Gasteiger partial charge on any atom is -0.488 e. The number of hydrogen-bond acceptors (Lipinski definition) is 4. The first-order valence-corrected chi connectivity index (χ1v) is 10.5. The molecule has 4 aromatic rings. The summed E-state index contributed by atoms with van der Waals surface area (Å²) in [7, 11) is 0. The standard InChI is InChI=1S/C23H19F3N2O3S/c1-13-9-18-16(7-8-28(18)11-21(29)30)10-19(13)31-12-20-14(2)27-22(32-20)15-3-5-17(6-4-15)23(24,25)26/h3-10H,11-12H2,1-2H3,(H,29,30). The minimum absolute atomic E-state index is 0.115. The number of fused-ring (bicyclic) bond motifs is 1. The molecule has 0 spiro atoms. The summed E-state index contributed by atoms with van der Waals surface area (Å²) in [4.78, 5) is 16.4. The van der Waals surface area contributed by atoms with Gasteiger partial charge in [0.15, 0.2) is 0 Å². The fraction of sp³-hybridized carbons (Fsp3) is 0.217. The van der Waals surface area contributed by atoms with Crippen molar-refractivity contribution in [1.29, 1.82) is 0 Å². The molecule has 0 atom stereocenters. The van der Waals surface area contributed by atoms with Gasteiger partial charge in [0.25, 0.3) is 0 Å². The van der Waals surface area contributed by atoms with Crippen LogP contribution in [0.4, 0.5) is 13.2 Å². The number of carboxylic acid groups (broad SMARTS) is 1. The molecule has 1 N–H and O–H groups in total. The fourth-order valence-electron chi connectivity index (χ4n) is 3.39. The van der Waals surface area contributed by atoms with Crippen molar-refractivity contribution in [2.75, 3.05) is 0 Å². The Labute approximate surface area is 185 Å². The smallest absolute Gasteiger partial charge is 0.416 e. The third-order valence-corrected chi connectivity index (χ3v) is 6.26. The van der Waals surface area contributed by atoms with Crippen molar-refractivity contribution in [2.24, 2.45) is 0 Å². The summed E-state index contributed by atoms with van der Waals surface area (Å²) in [6.07, 6.45) is -2.64. The summed E-state index contributed by atoms with van der Waals surface area (Å²) >= 11 is 1.38. The second kappa shape index (κ2) is 8.31. The van der Waals surface area contributed by atoms with Crippen molar-refractivity contribution in [2.45, 2.75) is 33.2 Å². The van der Waals surface area contributed by atoms with E-state index in [0.29, 0.717) is 16.3 Å². The SMILES string of the molecule is Cc1cc2c(ccn2CC(=O)O)cc1OCc1sc(-c2ccc(C(F)(F)F)cc2)nc1C. The molecule has 0 radical (unpaired) electrons. The predicted octanol–water partition coefficient (Wildman–Crippen LogP) is 6.06. The van der Waals surface area contributed by atoms with Crippen molar-refractivity contribution in [3.05, 3.63) is 70.4 Å². The fourth-order valence-corrected chi connectivity index (χ4v) is 4.37. The molecular weight excluding hydrogens is 441 g/mol. The highest BCUT2D eigenvalue weighted by molar-refractivity contribution is 7.15. The lowest BCUT2D eigenvalue weighted by molar-refractivity contribution is -0.138. The highest BCUT2D eigenvalue weighted by Gasteiger charge is 2.30. The second-order valence-electron chi connectivity index (χ2n) is 7.41. The number of rotatable bonds is 6. The molecule has 0 unspecified atom stereocenters. The van der Waals surface area contributed by atoms with E-state index in [1.54, 1.807) is 10.8 Å². The van der Waals surface area contributed by atoms with Crippen LogP contribution in [0.15, 0.2) is 48.7 Å². The molecule has 5 nitrogen and oxygen atoms in total. The number of nitrogens with zero attached hydrogens (tertiary/aromatic N) is 2. The van der Waals surface area contributed by atoms with E-state index in [4.69, 9.17) is 9.84 Å². The zero-order valence-corrected chi connectivity index (χ0v) is 18.0. The first kappa shape index (κ1) is 21.9. The van der Waals surface area contributed by atoms with Crippen molar-refractivity contribution in [1.82, 2.24) is 9.55 Å². The lowest BCUT2D eigenvalue weighted by Crippen LogP contribution is -2.07. The molecule has 2 heterocycles. The number of aromatic nitrogens is 2. The Bertz CT molecular complexity index is 1290. The molecule has 0 aliphatic heterocycles. The van der Waals surface area contributed by atoms with Crippen molar-refractivity contribution in [3.8, 4) is 16.3 Å². The summed E-state index contributed by atoms with van der Waals surface area (Å²) < 4.78 is 46.0. The normalized spacial score (nSPS) is 11.8. The van der Waals surface area contributed by atoms with Gasteiger partial charge in [0, 0.05) is 22.7 Å². The number of aryl methyl sites for hydroxylation is 2. The zero-order valence-electron chi connectivity index (χ0n) is 17.2. The molecule has 0 saturated heterocycles. The molecule has 0 fully saturated rings. The number of benzene rings is 2. The van der Waals surface area contributed by atoms with Crippen LogP contribution in [-0.4, -0.2) is 20.6 Å². The molecule has 9 heteroatoms. The molecule has 2 aromatic carbocycles. The van der Waals surface area contributed by atoms with Gasteiger partial charge < -0.3 is 14.4 Å². The van der Waals surface area contributed by atoms with Gasteiger partial charge in [0.05, 0.1) is 16.1 Å². The van der Waals surface area contributed by atoms with Crippen molar-refractivity contribution >= 4 is 28.2 Å². The van der Waals surface area contributed by atoms with E-state index in [2.05, 4.69) is 4.98 Å². The average molecular weight is 460 g/mol. The van der Waals surface area contributed by atoms with Gasteiger partial charge in [-0.25, -0.2) is 4.98 Å². The predicted molar refractivity (Wildman–Crippen MR) is 116 cm³/mol. The number of thiazole rings is 1. The average Bonchev–Trinajstić information content (AvgIpc) is 3.28. The van der Waals surface area contributed by atoms with Crippen LogP contribution in [0.1, 0.15) is 21.7 Å². The van der Waals surface area contributed by atoms with Crippen LogP contribution >= 0.6 is 11.3 Å². The summed E-state index contributed by atoms with van der Waals surface area (Å²) in [5, 5.41) is 10.5. The maximum Gasteiger partial charge on any atom is 0.416 e. The van der Waals surface area contributed by atoms with Crippen LogP contribution in [0.2, 0.25) is 0 Å². The van der Waals surface area contributed by atoms with E-state index in [1.165, 1.54) is 23.5 Å².